The van der Waals surface area contributed by atoms with Gasteiger partial charge >= 0.3 is 0 Å². The van der Waals surface area contributed by atoms with Crippen LogP contribution in [-0.2, 0) is 13.1 Å². The predicted octanol–water partition coefficient (Wildman–Crippen LogP) is 3.07. The van der Waals surface area contributed by atoms with Crippen LogP contribution in [0.5, 0.6) is 0 Å². The lowest BCUT2D eigenvalue weighted by Gasteiger charge is -2.30. The summed E-state index contributed by atoms with van der Waals surface area (Å²) in [7, 11) is 0. The summed E-state index contributed by atoms with van der Waals surface area (Å²) in [6, 6.07) is 13.6. The number of rotatable bonds is 9. The molecule has 0 radical (unpaired) electrons. The minimum atomic E-state index is 0.0207. The summed E-state index contributed by atoms with van der Waals surface area (Å²) >= 11 is 0. The molecule has 1 saturated heterocycles. The lowest BCUT2D eigenvalue weighted by molar-refractivity contribution is 0.191. The van der Waals surface area contributed by atoms with E-state index in [4.69, 9.17) is 4.99 Å². The molecule has 2 aromatic rings. The first-order valence-corrected chi connectivity index (χ1v) is 11.6. The van der Waals surface area contributed by atoms with E-state index in [9.17, 15) is 4.79 Å². The van der Waals surface area contributed by atoms with Gasteiger partial charge in [0.25, 0.3) is 5.56 Å². The van der Waals surface area contributed by atoms with Crippen molar-refractivity contribution in [1.29, 1.82) is 0 Å². The Morgan fingerprint density at radius 2 is 1.81 bits per heavy atom. The number of piperidine rings is 1. The van der Waals surface area contributed by atoms with Gasteiger partial charge in [0.1, 0.15) is 0 Å². The monoisotopic (exact) mass is 423 g/mol. The van der Waals surface area contributed by atoms with Crippen LogP contribution in [-0.4, -0.2) is 48.2 Å². The van der Waals surface area contributed by atoms with Crippen LogP contribution in [0.2, 0.25) is 0 Å². The number of benzene rings is 1. The fraction of sp³-hybridized carbons (Fsp3) is 0.520. The highest BCUT2D eigenvalue weighted by molar-refractivity contribution is 5.79. The normalized spacial score (nSPS) is 15.7. The summed E-state index contributed by atoms with van der Waals surface area (Å²) in [5.74, 6) is 1.76. The van der Waals surface area contributed by atoms with Gasteiger partial charge in [0.05, 0.1) is 13.1 Å². The van der Waals surface area contributed by atoms with Gasteiger partial charge < -0.3 is 20.1 Å². The molecule has 1 aliphatic rings. The maximum absolute atomic E-state index is 11.9. The van der Waals surface area contributed by atoms with Gasteiger partial charge in [-0.05, 0) is 68.9 Å². The van der Waals surface area contributed by atoms with Gasteiger partial charge in [-0.2, -0.15) is 0 Å². The zero-order chi connectivity index (χ0) is 21.9. The highest BCUT2D eigenvalue weighted by Gasteiger charge is 2.14. The molecule has 2 N–H and O–H groups in total. The number of pyridine rings is 1. The Kier molecular flexibility index (Phi) is 9.16. The molecule has 31 heavy (non-hydrogen) atoms. The summed E-state index contributed by atoms with van der Waals surface area (Å²) in [5.41, 5.74) is 2.29. The lowest BCUT2D eigenvalue weighted by atomic mass is 9.99. The van der Waals surface area contributed by atoms with Gasteiger partial charge in [0, 0.05) is 25.4 Å². The zero-order valence-corrected chi connectivity index (χ0v) is 19.0. The first kappa shape index (κ1) is 23.1. The SMILES string of the molecule is CCNC(=NCc1ccc(Cn2ccccc2=O)cc1)NCCCN1CCC(C)CC1. The van der Waals surface area contributed by atoms with E-state index in [0.29, 0.717) is 13.1 Å². The minimum absolute atomic E-state index is 0.0207. The summed E-state index contributed by atoms with van der Waals surface area (Å²) in [6.07, 6.45) is 5.61. The molecular formula is C25H37N5O. The Labute approximate surface area is 186 Å². The maximum atomic E-state index is 11.9. The lowest BCUT2D eigenvalue weighted by Crippen LogP contribution is -2.39. The summed E-state index contributed by atoms with van der Waals surface area (Å²) in [5, 5.41) is 6.80. The first-order chi connectivity index (χ1) is 15.1. The van der Waals surface area contributed by atoms with Crippen molar-refractivity contribution in [3.8, 4) is 0 Å². The second-order valence-corrected chi connectivity index (χ2v) is 8.48. The van der Waals surface area contributed by atoms with Gasteiger partial charge in [-0.25, -0.2) is 4.99 Å². The van der Waals surface area contributed by atoms with Crippen LogP contribution in [0.15, 0.2) is 58.4 Å². The van der Waals surface area contributed by atoms with Crippen LogP contribution < -0.4 is 16.2 Å². The summed E-state index contributed by atoms with van der Waals surface area (Å²) in [6.45, 7) is 11.1. The van der Waals surface area contributed by atoms with Gasteiger partial charge in [-0.3, -0.25) is 4.79 Å². The molecular weight excluding hydrogens is 386 g/mol. The Bertz CT molecular complexity index is 866. The molecule has 0 unspecified atom stereocenters. The van der Waals surface area contributed by atoms with E-state index < -0.39 is 0 Å². The van der Waals surface area contributed by atoms with Crippen molar-refractivity contribution < 1.29 is 0 Å². The van der Waals surface area contributed by atoms with Gasteiger partial charge in [0.2, 0.25) is 0 Å². The third-order valence-electron chi connectivity index (χ3n) is 5.86. The van der Waals surface area contributed by atoms with Gasteiger partial charge in [-0.1, -0.05) is 37.3 Å². The molecule has 0 spiro atoms. The average molecular weight is 424 g/mol. The van der Waals surface area contributed by atoms with Crippen molar-refractivity contribution in [1.82, 2.24) is 20.1 Å². The predicted molar refractivity (Wildman–Crippen MR) is 129 cm³/mol. The van der Waals surface area contributed by atoms with E-state index in [1.165, 1.54) is 25.9 Å². The highest BCUT2D eigenvalue weighted by atomic mass is 16.1. The summed E-state index contributed by atoms with van der Waals surface area (Å²) < 4.78 is 1.71. The standard InChI is InChI=1S/C25H37N5O/c1-3-26-25(27-14-6-15-29-17-12-21(2)13-18-29)28-19-22-8-10-23(11-9-22)20-30-16-5-4-7-24(30)31/h4-5,7-11,16,21H,3,6,12-15,17-20H2,1-2H3,(H2,26,27,28). The van der Waals surface area contributed by atoms with Crippen LogP contribution in [0.3, 0.4) is 0 Å². The third-order valence-corrected chi connectivity index (χ3v) is 5.86. The molecule has 2 heterocycles. The van der Waals surface area contributed by atoms with E-state index in [0.717, 1.165) is 49.1 Å². The van der Waals surface area contributed by atoms with Crippen molar-refractivity contribution in [2.75, 3.05) is 32.7 Å². The third kappa shape index (κ3) is 7.87. The van der Waals surface area contributed by atoms with E-state index in [-0.39, 0.29) is 5.56 Å². The fourth-order valence-electron chi connectivity index (χ4n) is 3.85. The number of aromatic nitrogens is 1. The second-order valence-electron chi connectivity index (χ2n) is 8.48. The molecule has 1 aromatic carbocycles. The highest BCUT2D eigenvalue weighted by Crippen LogP contribution is 2.15. The number of guanidine groups is 1. The molecule has 0 saturated carbocycles. The number of likely N-dealkylation sites (tertiary alicyclic amines) is 1. The molecule has 0 bridgehead atoms. The summed E-state index contributed by atoms with van der Waals surface area (Å²) in [4.78, 5) is 19.2. The molecule has 0 amide bonds. The number of nitrogens with zero attached hydrogens (tertiary/aromatic N) is 3. The van der Waals surface area contributed by atoms with Gasteiger partial charge in [0.15, 0.2) is 5.96 Å². The zero-order valence-electron chi connectivity index (χ0n) is 19.0. The number of aliphatic imine (C=N–C) groups is 1. The molecule has 1 aromatic heterocycles. The Hall–Kier alpha value is -2.60. The number of hydrogen-bond donors (Lipinski definition) is 2. The van der Waals surface area contributed by atoms with Crippen molar-refractivity contribution in [3.63, 3.8) is 0 Å². The van der Waals surface area contributed by atoms with Crippen LogP contribution in [0.1, 0.15) is 44.2 Å². The van der Waals surface area contributed by atoms with Crippen LogP contribution in [0.25, 0.3) is 0 Å². The average Bonchev–Trinajstić information content (AvgIpc) is 2.78. The van der Waals surface area contributed by atoms with E-state index in [1.54, 1.807) is 16.7 Å². The van der Waals surface area contributed by atoms with E-state index >= 15 is 0 Å². The Morgan fingerprint density at radius 1 is 1.06 bits per heavy atom. The van der Waals surface area contributed by atoms with Crippen LogP contribution in [0.4, 0.5) is 0 Å². The van der Waals surface area contributed by atoms with Crippen LogP contribution >= 0.6 is 0 Å². The smallest absolute Gasteiger partial charge is 0.250 e. The van der Waals surface area contributed by atoms with E-state index in [2.05, 4.69) is 53.6 Å². The van der Waals surface area contributed by atoms with E-state index in [1.807, 2.05) is 12.3 Å². The largest absolute Gasteiger partial charge is 0.357 e. The molecule has 6 heteroatoms. The number of nitrogens with one attached hydrogen (secondary N) is 2. The molecule has 1 fully saturated rings. The first-order valence-electron chi connectivity index (χ1n) is 11.6. The van der Waals surface area contributed by atoms with Crippen molar-refractivity contribution >= 4 is 5.96 Å². The van der Waals surface area contributed by atoms with Gasteiger partial charge in [-0.15, -0.1) is 0 Å². The van der Waals surface area contributed by atoms with Crippen molar-refractivity contribution in [3.05, 3.63) is 70.1 Å². The Morgan fingerprint density at radius 3 is 2.52 bits per heavy atom. The van der Waals surface area contributed by atoms with Crippen molar-refractivity contribution in [2.45, 2.75) is 46.2 Å². The fourth-order valence-corrected chi connectivity index (χ4v) is 3.85. The number of hydrogen-bond acceptors (Lipinski definition) is 3. The van der Waals surface area contributed by atoms with Crippen LogP contribution in [0, 0.1) is 5.92 Å². The Balaban J connectivity index is 1.44. The van der Waals surface area contributed by atoms with Crippen molar-refractivity contribution in [2.24, 2.45) is 10.9 Å². The molecule has 1 aliphatic heterocycles. The molecule has 0 aliphatic carbocycles. The molecule has 168 valence electrons. The molecule has 6 nitrogen and oxygen atoms in total. The quantitative estimate of drug-likeness (QED) is 0.370. The maximum Gasteiger partial charge on any atom is 0.250 e. The second kappa shape index (κ2) is 12.3. The molecule has 0 atom stereocenters. The topological polar surface area (TPSA) is 61.7 Å². The minimum Gasteiger partial charge on any atom is -0.357 e. The molecule has 3 rings (SSSR count).